The molecule has 4 N–H and O–H groups in total. The fourth-order valence-electron chi connectivity index (χ4n) is 3.09. The molecule has 2 nitrogen and oxygen atoms in total. The number of benzene rings is 4. The van der Waals surface area contributed by atoms with Crippen LogP contribution < -0.4 is 11.5 Å². The second kappa shape index (κ2) is 11.8. The van der Waals surface area contributed by atoms with E-state index in [1.807, 2.05) is 84.9 Å². The number of hydrogen-bond acceptors (Lipinski definition) is 2. The Morgan fingerprint density at radius 2 is 1.32 bits per heavy atom. The van der Waals surface area contributed by atoms with E-state index in [0.717, 1.165) is 39.4 Å². The first-order valence-electron chi connectivity index (χ1n) is 10.3. The van der Waals surface area contributed by atoms with Crippen molar-refractivity contribution in [1.29, 1.82) is 0 Å². The van der Waals surface area contributed by atoms with Gasteiger partial charge in [-0.15, -0.1) is 0 Å². The molecule has 0 aromatic heterocycles. The summed E-state index contributed by atoms with van der Waals surface area (Å²) in [5, 5.41) is 0.760. The average Bonchev–Trinajstić information content (AvgIpc) is 2.84. The summed E-state index contributed by atoms with van der Waals surface area (Å²) in [6.07, 6.45) is 2.94. The van der Waals surface area contributed by atoms with Gasteiger partial charge in [0, 0.05) is 17.3 Å². The fourth-order valence-corrected chi connectivity index (χ4v) is 3.28. The van der Waals surface area contributed by atoms with Crippen molar-refractivity contribution >= 4 is 17.3 Å². The summed E-state index contributed by atoms with van der Waals surface area (Å²) in [7, 11) is 0. The SMILES string of the molecule is N/C(=C\Cc1ccccc1)c1ccccc1.NCc1ccc(-c2cccc(Cl)c2)cc1. The average molecular weight is 427 g/mol. The number of allylic oxidation sites excluding steroid dienone is 1. The minimum Gasteiger partial charge on any atom is -0.398 e. The maximum absolute atomic E-state index is 6.00. The third-order valence-corrected chi connectivity index (χ3v) is 5.09. The van der Waals surface area contributed by atoms with Crippen LogP contribution in [0.2, 0.25) is 5.02 Å². The zero-order chi connectivity index (χ0) is 21.9. The van der Waals surface area contributed by atoms with E-state index in [2.05, 4.69) is 30.3 Å². The highest BCUT2D eigenvalue weighted by atomic mass is 35.5. The fraction of sp³-hybridized carbons (Fsp3) is 0.0714. The van der Waals surface area contributed by atoms with Gasteiger partial charge < -0.3 is 11.5 Å². The van der Waals surface area contributed by atoms with Crippen LogP contribution in [0, 0.1) is 0 Å². The molecule has 4 aromatic rings. The Morgan fingerprint density at radius 1 is 0.677 bits per heavy atom. The molecule has 0 atom stereocenters. The molecule has 0 fully saturated rings. The molecule has 4 aromatic carbocycles. The summed E-state index contributed by atoms with van der Waals surface area (Å²) in [6, 6.07) is 36.4. The second-order valence-electron chi connectivity index (χ2n) is 7.13. The molecule has 0 aliphatic carbocycles. The van der Waals surface area contributed by atoms with Gasteiger partial charge in [-0.3, -0.25) is 0 Å². The Morgan fingerprint density at radius 3 is 1.94 bits per heavy atom. The molecule has 0 spiro atoms. The minimum atomic E-state index is 0.579. The van der Waals surface area contributed by atoms with Gasteiger partial charge in [-0.2, -0.15) is 0 Å². The highest BCUT2D eigenvalue weighted by Gasteiger charge is 1.98. The van der Waals surface area contributed by atoms with Gasteiger partial charge in [-0.25, -0.2) is 0 Å². The molecular weight excluding hydrogens is 400 g/mol. The Hall–Kier alpha value is -3.33. The van der Waals surface area contributed by atoms with Gasteiger partial charge in [0.2, 0.25) is 0 Å². The molecule has 0 radical (unpaired) electrons. The van der Waals surface area contributed by atoms with Crippen molar-refractivity contribution in [1.82, 2.24) is 0 Å². The summed E-state index contributed by atoms with van der Waals surface area (Å²) < 4.78 is 0. The van der Waals surface area contributed by atoms with Crippen LogP contribution in [0.5, 0.6) is 0 Å². The van der Waals surface area contributed by atoms with Crippen molar-refractivity contribution in [3.63, 3.8) is 0 Å². The van der Waals surface area contributed by atoms with Crippen molar-refractivity contribution in [2.75, 3.05) is 0 Å². The Labute approximate surface area is 189 Å². The van der Waals surface area contributed by atoms with E-state index in [9.17, 15) is 0 Å². The molecule has 0 aliphatic heterocycles. The van der Waals surface area contributed by atoms with Gasteiger partial charge in [0.1, 0.15) is 0 Å². The van der Waals surface area contributed by atoms with E-state index in [1.54, 1.807) is 0 Å². The van der Waals surface area contributed by atoms with Crippen LogP contribution in [0.15, 0.2) is 115 Å². The highest BCUT2D eigenvalue weighted by molar-refractivity contribution is 6.30. The van der Waals surface area contributed by atoms with E-state index >= 15 is 0 Å². The zero-order valence-corrected chi connectivity index (χ0v) is 18.2. The lowest BCUT2D eigenvalue weighted by Crippen LogP contribution is -1.96. The largest absolute Gasteiger partial charge is 0.398 e. The van der Waals surface area contributed by atoms with Crippen molar-refractivity contribution in [3.05, 3.63) is 137 Å². The number of rotatable bonds is 5. The van der Waals surface area contributed by atoms with Crippen LogP contribution in [-0.4, -0.2) is 0 Å². The van der Waals surface area contributed by atoms with Crippen LogP contribution in [0.3, 0.4) is 0 Å². The Bertz CT molecular complexity index is 1090. The van der Waals surface area contributed by atoms with E-state index < -0.39 is 0 Å². The number of hydrogen-bond donors (Lipinski definition) is 2. The van der Waals surface area contributed by atoms with Gasteiger partial charge >= 0.3 is 0 Å². The Balaban J connectivity index is 0.000000176. The topological polar surface area (TPSA) is 52.0 Å². The third kappa shape index (κ3) is 7.14. The minimum absolute atomic E-state index is 0.579. The van der Waals surface area contributed by atoms with Crippen molar-refractivity contribution in [2.45, 2.75) is 13.0 Å². The van der Waals surface area contributed by atoms with Crippen LogP contribution in [0.4, 0.5) is 0 Å². The predicted octanol–water partition coefficient (Wildman–Crippen LogP) is 6.69. The maximum atomic E-state index is 6.00. The molecule has 0 aliphatic rings. The smallest absolute Gasteiger partial charge is 0.0412 e. The van der Waals surface area contributed by atoms with Gasteiger partial charge in [0.15, 0.2) is 0 Å². The lowest BCUT2D eigenvalue weighted by Gasteiger charge is -2.03. The lowest BCUT2D eigenvalue weighted by molar-refractivity contribution is 1.07. The predicted molar refractivity (Wildman–Crippen MR) is 134 cm³/mol. The first-order valence-corrected chi connectivity index (χ1v) is 10.6. The molecule has 31 heavy (non-hydrogen) atoms. The molecule has 0 amide bonds. The highest BCUT2D eigenvalue weighted by Crippen LogP contribution is 2.22. The van der Waals surface area contributed by atoms with Crippen molar-refractivity contribution in [2.24, 2.45) is 11.5 Å². The van der Waals surface area contributed by atoms with E-state index in [0.29, 0.717) is 6.54 Å². The van der Waals surface area contributed by atoms with Crippen molar-refractivity contribution in [3.8, 4) is 11.1 Å². The Kier molecular flexibility index (Phi) is 8.48. The van der Waals surface area contributed by atoms with E-state index in [-0.39, 0.29) is 0 Å². The normalized spacial score (nSPS) is 10.8. The summed E-state index contributed by atoms with van der Waals surface area (Å²) >= 11 is 5.93. The summed E-state index contributed by atoms with van der Waals surface area (Å²) in [5.41, 5.74) is 18.2. The lowest BCUT2D eigenvalue weighted by atomic mass is 10.0. The molecule has 4 rings (SSSR count). The van der Waals surface area contributed by atoms with E-state index in [1.165, 1.54) is 5.56 Å². The molecule has 0 heterocycles. The second-order valence-corrected chi connectivity index (χ2v) is 7.56. The van der Waals surface area contributed by atoms with Gasteiger partial charge in [-0.05, 0) is 46.4 Å². The van der Waals surface area contributed by atoms with Crippen LogP contribution in [0.25, 0.3) is 16.8 Å². The summed E-state index contributed by atoms with van der Waals surface area (Å²) in [4.78, 5) is 0. The molecular formula is C28H27ClN2. The maximum Gasteiger partial charge on any atom is 0.0412 e. The van der Waals surface area contributed by atoms with E-state index in [4.69, 9.17) is 23.1 Å². The summed E-state index contributed by atoms with van der Waals surface area (Å²) in [6.45, 7) is 0.579. The standard InChI is InChI=1S/C15H15N.C13H12ClN/c16-15(14-9-5-2-6-10-14)12-11-13-7-3-1-4-8-13;14-13-3-1-2-12(8-13)11-6-4-10(9-15)5-7-11/h1-10,12H,11,16H2;1-8H,9,15H2/b15-12-;. The summed E-state index contributed by atoms with van der Waals surface area (Å²) in [5.74, 6) is 0. The molecule has 0 saturated heterocycles. The first kappa shape index (κ1) is 22.4. The quantitative estimate of drug-likeness (QED) is 0.373. The monoisotopic (exact) mass is 426 g/mol. The first-order chi connectivity index (χ1) is 15.2. The van der Waals surface area contributed by atoms with Crippen molar-refractivity contribution < 1.29 is 0 Å². The molecule has 0 unspecified atom stereocenters. The van der Waals surface area contributed by atoms with Crippen LogP contribution in [0.1, 0.15) is 16.7 Å². The number of nitrogens with two attached hydrogens (primary N) is 2. The van der Waals surface area contributed by atoms with Crippen LogP contribution in [-0.2, 0) is 13.0 Å². The molecule has 156 valence electrons. The zero-order valence-electron chi connectivity index (χ0n) is 17.4. The molecule has 3 heteroatoms. The molecule has 0 saturated carbocycles. The van der Waals surface area contributed by atoms with Crippen LogP contribution >= 0.6 is 11.6 Å². The van der Waals surface area contributed by atoms with Gasteiger partial charge in [-0.1, -0.05) is 115 Å². The van der Waals surface area contributed by atoms with Gasteiger partial charge in [0.05, 0.1) is 0 Å². The number of halogens is 1. The molecule has 0 bridgehead atoms. The third-order valence-electron chi connectivity index (χ3n) is 4.86. The van der Waals surface area contributed by atoms with Gasteiger partial charge in [0.25, 0.3) is 0 Å².